The first-order valence-corrected chi connectivity index (χ1v) is 5.02. The number of esters is 1. The summed E-state index contributed by atoms with van der Waals surface area (Å²) in [5.74, 6) is -0.645. The lowest BCUT2D eigenvalue weighted by molar-refractivity contribution is 0.0602. The standard InChI is InChI=1S/C11H7ClN4O2/c1-18-11(17)10-8(12)3-2-4-9(10)16-15-7(5-13)6-14/h2-4,16H,1H3. The van der Waals surface area contributed by atoms with E-state index in [4.69, 9.17) is 22.1 Å². The van der Waals surface area contributed by atoms with E-state index in [9.17, 15) is 4.79 Å². The molecule has 1 aromatic rings. The summed E-state index contributed by atoms with van der Waals surface area (Å²) in [6, 6.07) is 7.78. The molecule has 1 N–H and O–H groups in total. The van der Waals surface area contributed by atoms with Gasteiger partial charge in [0.05, 0.1) is 17.8 Å². The zero-order chi connectivity index (χ0) is 13.5. The van der Waals surface area contributed by atoms with Crippen LogP contribution in [0.4, 0.5) is 5.69 Å². The molecule has 0 aliphatic carbocycles. The van der Waals surface area contributed by atoms with E-state index < -0.39 is 5.97 Å². The van der Waals surface area contributed by atoms with Crippen LogP contribution >= 0.6 is 11.6 Å². The van der Waals surface area contributed by atoms with Crippen LogP contribution in [0.25, 0.3) is 0 Å². The van der Waals surface area contributed by atoms with Crippen molar-refractivity contribution in [2.75, 3.05) is 12.5 Å². The molecule has 0 aliphatic heterocycles. The number of hydrogen-bond donors (Lipinski definition) is 1. The molecule has 0 atom stereocenters. The number of rotatable bonds is 3. The van der Waals surface area contributed by atoms with E-state index in [2.05, 4.69) is 15.3 Å². The summed E-state index contributed by atoms with van der Waals surface area (Å²) in [4.78, 5) is 11.5. The summed E-state index contributed by atoms with van der Waals surface area (Å²) in [6.07, 6.45) is 0. The molecule has 1 rings (SSSR count). The van der Waals surface area contributed by atoms with Gasteiger partial charge >= 0.3 is 5.97 Å². The van der Waals surface area contributed by atoms with Crippen LogP contribution in [0, 0.1) is 22.7 Å². The molecule has 0 bridgehead atoms. The molecule has 0 amide bonds. The van der Waals surface area contributed by atoms with Gasteiger partial charge in [-0.3, -0.25) is 5.43 Å². The van der Waals surface area contributed by atoms with E-state index in [0.717, 1.165) is 0 Å². The summed E-state index contributed by atoms with van der Waals surface area (Å²) in [6.45, 7) is 0. The summed E-state index contributed by atoms with van der Waals surface area (Å²) >= 11 is 5.87. The number of methoxy groups -OCH3 is 1. The minimum atomic E-state index is -0.645. The Morgan fingerprint density at radius 3 is 2.67 bits per heavy atom. The lowest BCUT2D eigenvalue weighted by Crippen LogP contribution is -2.07. The van der Waals surface area contributed by atoms with Crippen molar-refractivity contribution in [1.29, 1.82) is 10.5 Å². The first-order valence-electron chi connectivity index (χ1n) is 4.64. The van der Waals surface area contributed by atoms with Gasteiger partial charge in [-0.1, -0.05) is 17.7 Å². The summed E-state index contributed by atoms with van der Waals surface area (Å²) < 4.78 is 4.58. The fourth-order valence-electron chi connectivity index (χ4n) is 1.12. The maximum Gasteiger partial charge on any atom is 0.341 e. The molecule has 0 aromatic heterocycles. The van der Waals surface area contributed by atoms with Crippen LogP contribution in [-0.2, 0) is 4.74 Å². The van der Waals surface area contributed by atoms with Crippen molar-refractivity contribution in [1.82, 2.24) is 0 Å². The van der Waals surface area contributed by atoms with Gasteiger partial charge in [0.25, 0.3) is 0 Å². The highest BCUT2D eigenvalue weighted by Gasteiger charge is 2.15. The molecule has 7 heteroatoms. The second-order valence-corrected chi connectivity index (χ2v) is 3.36. The Hall–Kier alpha value is -2.57. The van der Waals surface area contributed by atoms with Crippen LogP contribution in [0.3, 0.4) is 0 Å². The van der Waals surface area contributed by atoms with Gasteiger partial charge in [0.15, 0.2) is 0 Å². The first kappa shape index (κ1) is 13.5. The van der Waals surface area contributed by atoms with E-state index in [1.165, 1.54) is 19.2 Å². The van der Waals surface area contributed by atoms with Gasteiger partial charge in [0.2, 0.25) is 5.71 Å². The van der Waals surface area contributed by atoms with Gasteiger partial charge in [0, 0.05) is 0 Å². The number of benzene rings is 1. The number of nitrogens with one attached hydrogen (secondary N) is 1. The molecule has 0 fully saturated rings. The average Bonchev–Trinajstić information content (AvgIpc) is 2.39. The molecule has 18 heavy (non-hydrogen) atoms. The molecule has 0 radical (unpaired) electrons. The SMILES string of the molecule is COC(=O)c1c(Cl)cccc1NN=C(C#N)C#N. The van der Waals surface area contributed by atoms with Crippen molar-refractivity contribution in [2.45, 2.75) is 0 Å². The number of anilines is 1. The highest BCUT2D eigenvalue weighted by Crippen LogP contribution is 2.25. The molecule has 0 saturated carbocycles. The topological polar surface area (TPSA) is 98.3 Å². The summed E-state index contributed by atoms with van der Waals surface area (Å²) in [5.41, 5.74) is 2.39. The number of carbonyl (C=O) groups is 1. The van der Waals surface area contributed by atoms with E-state index in [1.54, 1.807) is 18.2 Å². The second kappa shape index (κ2) is 6.24. The molecule has 0 unspecified atom stereocenters. The zero-order valence-electron chi connectivity index (χ0n) is 9.27. The Kier molecular flexibility index (Phi) is 4.67. The Bertz CT molecular complexity index is 568. The van der Waals surface area contributed by atoms with Crippen LogP contribution in [-0.4, -0.2) is 18.8 Å². The molecule has 90 valence electrons. The van der Waals surface area contributed by atoms with Crippen molar-refractivity contribution in [3.8, 4) is 12.1 Å². The third-order valence-electron chi connectivity index (χ3n) is 1.90. The van der Waals surface area contributed by atoms with Crippen molar-refractivity contribution >= 4 is 29.0 Å². The number of halogens is 1. The maximum atomic E-state index is 11.5. The fraction of sp³-hybridized carbons (Fsp3) is 0.0909. The first-order chi connectivity index (χ1) is 8.63. The van der Waals surface area contributed by atoms with Crippen molar-refractivity contribution in [3.63, 3.8) is 0 Å². The van der Waals surface area contributed by atoms with Gasteiger partial charge in [-0.15, -0.1) is 0 Å². The van der Waals surface area contributed by atoms with E-state index in [-0.39, 0.29) is 22.0 Å². The van der Waals surface area contributed by atoms with Crippen molar-refractivity contribution < 1.29 is 9.53 Å². The molecular weight excluding hydrogens is 256 g/mol. The van der Waals surface area contributed by atoms with E-state index >= 15 is 0 Å². The summed E-state index contributed by atoms with van der Waals surface area (Å²) in [5, 5.41) is 20.8. The second-order valence-electron chi connectivity index (χ2n) is 2.95. The number of carbonyl (C=O) groups excluding carboxylic acids is 1. The number of nitriles is 2. The normalized spacial score (nSPS) is 8.67. The Labute approximate surface area is 108 Å². The monoisotopic (exact) mass is 262 g/mol. The number of hydrogen-bond acceptors (Lipinski definition) is 6. The number of hydrazone groups is 1. The summed E-state index contributed by atoms with van der Waals surface area (Å²) in [7, 11) is 1.22. The van der Waals surface area contributed by atoms with Crippen LogP contribution in [0.15, 0.2) is 23.3 Å². The Morgan fingerprint density at radius 1 is 1.44 bits per heavy atom. The zero-order valence-corrected chi connectivity index (χ0v) is 10.0. The minimum Gasteiger partial charge on any atom is -0.465 e. The number of ether oxygens (including phenoxy) is 1. The molecule has 0 saturated heterocycles. The fourth-order valence-corrected chi connectivity index (χ4v) is 1.37. The van der Waals surface area contributed by atoms with Crippen LogP contribution < -0.4 is 5.43 Å². The third-order valence-corrected chi connectivity index (χ3v) is 2.22. The van der Waals surface area contributed by atoms with E-state index in [0.29, 0.717) is 0 Å². The molecular formula is C11H7ClN4O2. The third kappa shape index (κ3) is 2.97. The van der Waals surface area contributed by atoms with Gasteiger partial charge < -0.3 is 4.74 Å². The predicted molar refractivity (Wildman–Crippen MR) is 65.1 cm³/mol. The molecule has 0 heterocycles. The Balaban J connectivity index is 3.15. The highest BCUT2D eigenvalue weighted by atomic mass is 35.5. The smallest absolute Gasteiger partial charge is 0.341 e. The van der Waals surface area contributed by atoms with Crippen LogP contribution in [0.2, 0.25) is 5.02 Å². The van der Waals surface area contributed by atoms with Crippen molar-refractivity contribution in [3.05, 3.63) is 28.8 Å². The lowest BCUT2D eigenvalue weighted by Gasteiger charge is -2.08. The van der Waals surface area contributed by atoms with Crippen LogP contribution in [0.5, 0.6) is 0 Å². The maximum absolute atomic E-state index is 11.5. The molecule has 0 spiro atoms. The van der Waals surface area contributed by atoms with Gasteiger partial charge in [-0.25, -0.2) is 4.79 Å². The molecule has 1 aromatic carbocycles. The van der Waals surface area contributed by atoms with Crippen molar-refractivity contribution in [2.24, 2.45) is 5.10 Å². The van der Waals surface area contributed by atoms with Gasteiger partial charge in [0.1, 0.15) is 17.7 Å². The quantitative estimate of drug-likeness (QED) is 0.510. The van der Waals surface area contributed by atoms with Gasteiger partial charge in [-0.2, -0.15) is 15.6 Å². The minimum absolute atomic E-state index is 0.0839. The lowest BCUT2D eigenvalue weighted by atomic mass is 10.2. The Morgan fingerprint density at radius 2 is 2.11 bits per heavy atom. The molecule has 6 nitrogen and oxygen atoms in total. The predicted octanol–water partition coefficient (Wildman–Crippen LogP) is 1.94. The average molecular weight is 263 g/mol. The number of nitrogens with zero attached hydrogens (tertiary/aromatic N) is 3. The van der Waals surface area contributed by atoms with Crippen LogP contribution in [0.1, 0.15) is 10.4 Å². The van der Waals surface area contributed by atoms with E-state index in [1.807, 2.05) is 0 Å². The largest absolute Gasteiger partial charge is 0.465 e. The van der Waals surface area contributed by atoms with Gasteiger partial charge in [-0.05, 0) is 12.1 Å². The molecule has 0 aliphatic rings. The highest BCUT2D eigenvalue weighted by molar-refractivity contribution is 6.34.